The first-order valence-corrected chi connectivity index (χ1v) is 5.80. The molecular weight excluding hydrogens is 290 g/mol. The Morgan fingerprint density at radius 3 is 2.48 bits per heavy atom. The third-order valence-electron chi connectivity index (χ3n) is 2.77. The summed E-state index contributed by atoms with van der Waals surface area (Å²) in [6.07, 6.45) is -3.16. The summed E-state index contributed by atoms with van der Waals surface area (Å²) in [5.74, 6) is -1.92. The molecule has 3 nitrogen and oxygen atoms in total. The van der Waals surface area contributed by atoms with Crippen LogP contribution in [0.4, 0.5) is 17.6 Å². The number of hydrogen-bond acceptors (Lipinski definition) is 2. The molecule has 0 fully saturated rings. The highest BCUT2D eigenvalue weighted by Gasteiger charge is 2.31. The fourth-order valence-electron chi connectivity index (χ4n) is 1.82. The summed E-state index contributed by atoms with van der Waals surface area (Å²) in [6, 6.07) is 4.38. The lowest BCUT2D eigenvalue weighted by atomic mass is 10.0. The second kappa shape index (κ2) is 5.51. The number of benzene rings is 1. The van der Waals surface area contributed by atoms with Crippen molar-refractivity contribution in [2.24, 2.45) is 0 Å². The molecule has 0 radical (unpaired) electrons. The van der Waals surface area contributed by atoms with Crippen molar-refractivity contribution in [3.63, 3.8) is 0 Å². The highest BCUT2D eigenvalue weighted by molar-refractivity contribution is 5.71. The lowest BCUT2D eigenvalue weighted by molar-refractivity contribution is -0.138. The molecule has 0 atom stereocenters. The fourth-order valence-corrected chi connectivity index (χ4v) is 1.82. The minimum atomic E-state index is -4.57. The molecule has 0 unspecified atom stereocenters. The maximum Gasteiger partial charge on any atom is 0.417 e. The van der Waals surface area contributed by atoms with E-state index in [2.05, 4.69) is 4.98 Å². The summed E-state index contributed by atoms with van der Waals surface area (Å²) < 4.78 is 51.7. The highest BCUT2D eigenvalue weighted by Crippen LogP contribution is 2.32. The second-order valence-corrected chi connectivity index (χ2v) is 4.34. The number of carboxylic acid groups (broad SMARTS) is 1. The monoisotopic (exact) mass is 299 g/mol. The van der Waals surface area contributed by atoms with Gasteiger partial charge in [-0.15, -0.1) is 0 Å². The van der Waals surface area contributed by atoms with Gasteiger partial charge in [-0.3, -0.25) is 9.78 Å². The average Bonchev–Trinajstić information content (AvgIpc) is 2.37. The van der Waals surface area contributed by atoms with Crippen molar-refractivity contribution in [1.29, 1.82) is 0 Å². The first-order valence-electron chi connectivity index (χ1n) is 5.80. The van der Waals surface area contributed by atoms with Gasteiger partial charge in [-0.25, -0.2) is 4.39 Å². The van der Waals surface area contributed by atoms with Crippen molar-refractivity contribution in [3.8, 4) is 11.1 Å². The maximum atomic E-state index is 13.9. The van der Waals surface area contributed by atoms with Crippen molar-refractivity contribution in [3.05, 3.63) is 53.6 Å². The third-order valence-corrected chi connectivity index (χ3v) is 2.77. The largest absolute Gasteiger partial charge is 0.481 e. The number of aromatic nitrogens is 1. The van der Waals surface area contributed by atoms with E-state index in [0.717, 1.165) is 18.3 Å². The predicted molar refractivity (Wildman–Crippen MR) is 66.0 cm³/mol. The Bertz CT molecular complexity index is 683. The average molecular weight is 299 g/mol. The van der Waals surface area contributed by atoms with Crippen molar-refractivity contribution in [2.45, 2.75) is 12.6 Å². The second-order valence-electron chi connectivity index (χ2n) is 4.34. The molecule has 2 rings (SSSR count). The Morgan fingerprint density at radius 1 is 1.19 bits per heavy atom. The van der Waals surface area contributed by atoms with Crippen LogP contribution in [0.2, 0.25) is 0 Å². The molecule has 0 aliphatic heterocycles. The van der Waals surface area contributed by atoms with Gasteiger partial charge in [-0.2, -0.15) is 13.2 Å². The predicted octanol–water partition coefficient (Wildman–Crippen LogP) is 3.53. The first kappa shape index (κ1) is 15.0. The quantitative estimate of drug-likeness (QED) is 0.882. The molecule has 1 aromatic carbocycles. The van der Waals surface area contributed by atoms with E-state index < -0.39 is 23.5 Å². The van der Waals surface area contributed by atoms with E-state index in [9.17, 15) is 22.4 Å². The van der Waals surface area contributed by atoms with Crippen LogP contribution in [0.5, 0.6) is 0 Å². The summed E-state index contributed by atoms with van der Waals surface area (Å²) in [4.78, 5) is 14.0. The minimum Gasteiger partial charge on any atom is -0.481 e. The van der Waals surface area contributed by atoms with E-state index in [1.807, 2.05) is 0 Å². The molecule has 0 aliphatic rings. The maximum absolute atomic E-state index is 13.9. The number of carboxylic acids is 1. The van der Waals surface area contributed by atoms with Crippen LogP contribution >= 0.6 is 0 Å². The molecule has 0 aliphatic carbocycles. The van der Waals surface area contributed by atoms with Crippen LogP contribution in [0.1, 0.15) is 11.1 Å². The van der Waals surface area contributed by atoms with Crippen LogP contribution in [0, 0.1) is 5.82 Å². The number of nitrogens with zero attached hydrogens (tertiary/aromatic N) is 1. The number of carbonyl (C=O) groups is 1. The van der Waals surface area contributed by atoms with Gasteiger partial charge in [-0.1, -0.05) is 12.1 Å². The van der Waals surface area contributed by atoms with Gasteiger partial charge in [0.2, 0.25) is 0 Å². The molecule has 1 heterocycles. The number of hydrogen-bond donors (Lipinski definition) is 1. The molecule has 1 N–H and O–H groups in total. The SMILES string of the molecule is O=C(O)Cc1ccc(-c2cncc(C(F)(F)F)c2)c(F)c1. The summed E-state index contributed by atoms with van der Waals surface area (Å²) in [6.45, 7) is 0. The smallest absolute Gasteiger partial charge is 0.417 e. The van der Waals surface area contributed by atoms with E-state index in [4.69, 9.17) is 5.11 Å². The molecule has 0 saturated carbocycles. The summed E-state index contributed by atoms with van der Waals surface area (Å²) in [5.41, 5.74) is -0.843. The van der Waals surface area contributed by atoms with Crippen molar-refractivity contribution in [1.82, 2.24) is 4.98 Å². The number of rotatable bonds is 3. The molecular formula is C14H9F4NO2. The van der Waals surface area contributed by atoms with Crippen LogP contribution in [0.25, 0.3) is 11.1 Å². The summed E-state index contributed by atoms with van der Waals surface area (Å²) >= 11 is 0. The van der Waals surface area contributed by atoms with Gasteiger partial charge >= 0.3 is 12.1 Å². The summed E-state index contributed by atoms with van der Waals surface area (Å²) in [7, 11) is 0. The van der Waals surface area contributed by atoms with E-state index in [-0.39, 0.29) is 23.1 Å². The van der Waals surface area contributed by atoms with Crippen molar-refractivity contribution in [2.75, 3.05) is 0 Å². The zero-order chi connectivity index (χ0) is 15.6. The van der Waals surface area contributed by atoms with Gasteiger partial charge in [0.05, 0.1) is 12.0 Å². The Balaban J connectivity index is 2.41. The number of halogens is 4. The van der Waals surface area contributed by atoms with Gasteiger partial charge in [0.1, 0.15) is 5.82 Å². The normalized spacial score (nSPS) is 11.4. The van der Waals surface area contributed by atoms with Crippen LogP contribution in [-0.4, -0.2) is 16.1 Å². The van der Waals surface area contributed by atoms with Crippen LogP contribution in [0.15, 0.2) is 36.7 Å². The van der Waals surface area contributed by atoms with Crippen LogP contribution < -0.4 is 0 Å². The Morgan fingerprint density at radius 2 is 1.90 bits per heavy atom. The molecule has 0 saturated heterocycles. The van der Waals surface area contributed by atoms with E-state index in [1.54, 1.807) is 0 Å². The molecule has 7 heteroatoms. The summed E-state index contributed by atoms with van der Waals surface area (Å²) in [5, 5.41) is 8.61. The fraction of sp³-hybridized carbons (Fsp3) is 0.143. The van der Waals surface area contributed by atoms with Crippen LogP contribution in [0.3, 0.4) is 0 Å². The number of pyridine rings is 1. The van der Waals surface area contributed by atoms with E-state index in [0.29, 0.717) is 6.20 Å². The van der Waals surface area contributed by atoms with E-state index >= 15 is 0 Å². The van der Waals surface area contributed by atoms with Gasteiger partial charge in [-0.05, 0) is 17.7 Å². The molecule has 0 amide bonds. The molecule has 1 aromatic heterocycles. The highest BCUT2D eigenvalue weighted by atomic mass is 19.4. The topological polar surface area (TPSA) is 50.2 Å². The zero-order valence-corrected chi connectivity index (χ0v) is 10.5. The lowest BCUT2D eigenvalue weighted by Crippen LogP contribution is -2.05. The number of alkyl halides is 3. The van der Waals surface area contributed by atoms with Gasteiger partial charge in [0, 0.05) is 23.5 Å². The Hall–Kier alpha value is -2.44. The van der Waals surface area contributed by atoms with Gasteiger partial charge < -0.3 is 5.11 Å². The van der Waals surface area contributed by atoms with E-state index in [1.165, 1.54) is 12.1 Å². The Labute approximate surface area is 116 Å². The molecule has 110 valence electrons. The standard InChI is InChI=1S/C14H9F4NO2/c15-12-3-8(4-13(20)21)1-2-11(12)9-5-10(7-19-6-9)14(16,17)18/h1-3,5-7H,4H2,(H,20,21). The molecule has 0 bridgehead atoms. The molecule has 21 heavy (non-hydrogen) atoms. The third kappa shape index (κ3) is 3.56. The van der Waals surface area contributed by atoms with Gasteiger partial charge in [0.15, 0.2) is 0 Å². The lowest BCUT2D eigenvalue weighted by Gasteiger charge is -2.09. The zero-order valence-electron chi connectivity index (χ0n) is 10.5. The minimum absolute atomic E-state index is 0.0239. The van der Waals surface area contributed by atoms with Crippen molar-refractivity contribution >= 4 is 5.97 Å². The molecule has 2 aromatic rings. The van der Waals surface area contributed by atoms with Crippen LogP contribution in [-0.2, 0) is 17.4 Å². The Kier molecular flexibility index (Phi) is 3.93. The number of aliphatic carboxylic acids is 1. The van der Waals surface area contributed by atoms with Crippen molar-refractivity contribution < 1.29 is 27.5 Å². The first-order chi connectivity index (χ1) is 9.77. The molecule has 0 spiro atoms. The van der Waals surface area contributed by atoms with Gasteiger partial charge in [0.25, 0.3) is 0 Å².